The molecule has 0 unspecified atom stereocenters. The third kappa shape index (κ3) is 4.14. The van der Waals surface area contributed by atoms with Gasteiger partial charge in [-0.25, -0.2) is 4.98 Å². The zero-order valence-corrected chi connectivity index (χ0v) is 14.1. The number of aromatic nitrogens is 2. The van der Waals surface area contributed by atoms with Crippen LogP contribution in [0.2, 0.25) is 10.0 Å². The summed E-state index contributed by atoms with van der Waals surface area (Å²) >= 11 is 12.1. The molecule has 0 saturated heterocycles. The molecule has 0 aliphatic carbocycles. The molecule has 23 heavy (non-hydrogen) atoms. The molecule has 0 atom stereocenters. The highest BCUT2D eigenvalue weighted by Gasteiger charge is 2.09. The zero-order valence-electron chi connectivity index (χ0n) is 12.5. The standard InChI is InChI=1S/C18H17Cl2N3/c19-15-6-14(7-16(20)9-15)11-23-12-17(22-18(23)10-21)8-13-4-2-1-3-5-13/h1-7,9,12H,8,10-11,21H2. The van der Waals surface area contributed by atoms with Crippen molar-refractivity contribution in [2.45, 2.75) is 19.5 Å². The Kier molecular flexibility index (Phi) is 5.01. The van der Waals surface area contributed by atoms with E-state index >= 15 is 0 Å². The molecule has 0 radical (unpaired) electrons. The quantitative estimate of drug-likeness (QED) is 0.749. The van der Waals surface area contributed by atoms with Crippen LogP contribution < -0.4 is 5.73 Å². The smallest absolute Gasteiger partial charge is 0.123 e. The first-order valence-corrected chi connectivity index (χ1v) is 8.13. The molecule has 0 aliphatic rings. The van der Waals surface area contributed by atoms with Crippen molar-refractivity contribution in [2.24, 2.45) is 5.73 Å². The van der Waals surface area contributed by atoms with E-state index in [0.29, 0.717) is 23.1 Å². The van der Waals surface area contributed by atoms with Crippen LogP contribution in [0.5, 0.6) is 0 Å². The van der Waals surface area contributed by atoms with Crippen LogP contribution in [0.1, 0.15) is 22.6 Å². The third-order valence-electron chi connectivity index (χ3n) is 3.59. The third-order valence-corrected chi connectivity index (χ3v) is 4.03. The second kappa shape index (κ2) is 7.18. The van der Waals surface area contributed by atoms with Crippen molar-refractivity contribution in [3.05, 3.63) is 87.4 Å². The molecular formula is C18H17Cl2N3. The van der Waals surface area contributed by atoms with Gasteiger partial charge >= 0.3 is 0 Å². The van der Waals surface area contributed by atoms with Crippen LogP contribution in [0.4, 0.5) is 0 Å². The lowest BCUT2D eigenvalue weighted by Gasteiger charge is -2.07. The Hall–Kier alpha value is -1.81. The number of nitrogens with zero attached hydrogens (tertiary/aromatic N) is 2. The van der Waals surface area contributed by atoms with Crippen LogP contribution in [-0.2, 0) is 19.5 Å². The average molecular weight is 346 g/mol. The summed E-state index contributed by atoms with van der Waals surface area (Å²) in [4.78, 5) is 4.64. The normalized spacial score (nSPS) is 10.9. The summed E-state index contributed by atoms with van der Waals surface area (Å²) in [7, 11) is 0. The van der Waals surface area contributed by atoms with Gasteiger partial charge in [-0.1, -0.05) is 53.5 Å². The van der Waals surface area contributed by atoms with Crippen LogP contribution in [0.3, 0.4) is 0 Å². The van der Waals surface area contributed by atoms with Crippen molar-refractivity contribution in [1.82, 2.24) is 9.55 Å². The lowest BCUT2D eigenvalue weighted by atomic mass is 10.1. The van der Waals surface area contributed by atoms with Crippen LogP contribution in [0, 0.1) is 0 Å². The molecule has 2 aromatic carbocycles. The minimum Gasteiger partial charge on any atom is -0.329 e. The van der Waals surface area contributed by atoms with Crippen LogP contribution in [0.15, 0.2) is 54.7 Å². The molecule has 1 aromatic heterocycles. The molecule has 0 aliphatic heterocycles. The number of hydrogen-bond acceptors (Lipinski definition) is 2. The van der Waals surface area contributed by atoms with Gasteiger partial charge in [0.05, 0.1) is 12.2 Å². The van der Waals surface area contributed by atoms with Crippen molar-refractivity contribution >= 4 is 23.2 Å². The summed E-state index contributed by atoms with van der Waals surface area (Å²) < 4.78 is 2.06. The topological polar surface area (TPSA) is 43.8 Å². The maximum Gasteiger partial charge on any atom is 0.123 e. The molecule has 1 heterocycles. The molecule has 0 amide bonds. The minimum absolute atomic E-state index is 0.392. The van der Waals surface area contributed by atoms with E-state index in [1.165, 1.54) is 5.56 Å². The maximum atomic E-state index is 6.07. The van der Waals surface area contributed by atoms with Crippen molar-refractivity contribution in [3.63, 3.8) is 0 Å². The molecule has 0 spiro atoms. The number of rotatable bonds is 5. The fraction of sp³-hybridized carbons (Fsp3) is 0.167. The number of imidazole rings is 1. The van der Waals surface area contributed by atoms with Crippen LogP contribution >= 0.6 is 23.2 Å². The van der Waals surface area contributed by atoms with Gasteiger partial charge in [0.15, 0.2) is 0 Å². The predicted octanol–water partition coefficient (Wildman–Crippen LogP) is 4.29. The fourth-order valence-electron chi connectivity index (χ4n) is 2.60. The van der Waals surface area contributed by atoms with Gasteiger partial charge in [0, 0.05) is 29.2 Å². The van der Waals surface area contributed by atoms with Gasteiger partial charge in [0.2, 0.25) is 0 Å². The highest BCUT2D eigenvalue weighted by atomic mass is 35.5. The Balaban J connectivity index is 1.84. The van der Waals surface area contributed by atoms with Gasteiger partial charge in [0.25, 0.3) is 0 Å². The van der Waals surface area contributed by atoms with Crippen molar-refractivity contribution in [1.29, 1.82) is 0 Å². The Morgan fingerprint density at radius 2 is 1.65 bits per heavy atom. The van der Waals surface area contributed by atoms with E-state index in [4.69, 9.17) is 28.9 Å². The lowest BCUT2D eigenvalue weighted by Crippen LogP contribution is -2.08. The van der Waals surface area contributed by atoms with Crippen molar-refractivity contribution in [2.75, 3.05) is 0 Å². The summed E-state index contributed by atoms with van der Waals surface area (Å²) in [5.41, 5.74) is 9.10. The lowest BCUT2D eigenvalue weighted by molar-refractivity contribution is 0.724. The maximum absolute atomic E-state index is 6.07. The largest absolute Gasteiger partial charge is 0.329 e. The molecule has 3 nitrogen and oxygen atoms in total. The van der Waals surface area contributed by atoms with Gasteiger partial charge in [-0.2, -0.15) is 0 Å². The molecule has 0 fully saturated rings. The van der Waals surface area contributed by atoms with E-state index in [1.54, 1.807) is 6.07 Å². The molecule has 118 valence electrons. The van der Waals surface area contributed by atoms with Crippen molar-refractivity contribution in [3.8, 4) is 0 Å². The summed E-state index contributed by atoms with van der Waals surface area (Å²) in [6, 6.07) is 15.8. The molecular weight excluding hydrogens is 329 g/mol. The fourth-order valence-corrected chi connectivity index (χ4v) is 3.17. The second-order valence-corrected chi connectivity index (χ2v) is 6.29. The minimum atomic E-state index is 0.392. The molecule has 0 saturated carbocycles. The number of hydrogen-bond donors (Lipinski definition) is 1. The summed E-state index contributed by atoms with van der Waals surface area (Å²) in [6.45, 7) is 1.04. The van der Waals surface area contributed by atoms with Gasteiger partial charge in [0.1, 0.15) is 5.82 Å². The second-order valence-electron chi connectivity index (χ2n) is 5.42. The van der Waals surface area contributed by atoms with Crippen molar-refractivity contribution < 1.29 is 0 Å². The number of nitrogens with two attached hydrogens (primary N) is 1. The highest BCUT2D eigenvalue weighted by Crippen LogP contribution is 2.20. The van der Waals surface area contributed by atoms with E-state index < -0.39 is 0 Å². The Morgan fingerprint density at radius 1 is 0.957 bits per heavy atom. The van der Waals surface area contributed by atoms with Crippen LogP contribution in [-0.4, -0.2) is 9.55 Å². The SMILES string of the molecule is NCc1nc(Cc2ccccc2)cn1Cc1cc(Cl)cc(Cl)c1. The Bertz CT molecular complexity index is 777. The molecule has 5 heteroatoms. The average Bonchev–Trinajstić information content (AvgIpc) is 2.88. The zero-order chi connectivity index (χ0) is 16.2. The predicted molar refractivity (Wildman–Crippen MR) is 94.9 cm³/mol. The van der Waals surface area contributed by atoms with E-state index in [9.17, 15) is 0 Å². The Morgan fingerprint density at radius 3 is 2.30 bits per heavy atom. The summed E-state index contributed by atoms with van der Waals surface area (Å²) in [5, 5.41) is 1.26. The molecule has 2 N–H and O–H groups in total. The number of benzene rings is 2. The highest BCUT2D eigenvalue weighted by molar-refractivity contribution is 6.34. The Labute approximate surface area is 145 Å². The monoisotopic (exact) mass is 345 g/mol. The number of halogens is 2. The molecule has 3 aromatic rings. The van der Waals surface area contributed by atoms with Gasteiger partial charge in [-0.3, -0.25) is 0 Å². The van der Waals surface area contributed by atoms with E-state index in [0.717, 1.165) is 23.5 Å². The van der Waals surface area contributed by atoms with Gasteiger partial charge < -0.3 is 10.3 Å². The first kappa shape index (κ1) is 16.1. The summed E-state index contributed by atoms with van der Waals surface area (Å²) in [5.74, 6) is 0.854. The van der Waals surface area contributed by atoms with Crippen LogP contribution in [0.25, 0.3) is 0 Å². The van der Waals surface area contributed by atoms with Gasteiger partial charge in [-0.15, -0.1) is 0 Å². The van der Waals surface area contributed by atoms with E-state index in [1.807, 2.05) is 36.5 Å². The van der Waals surface area contributed by atoms with E-state index in [-0.39, 0.29) is 0 Å². The summed E-state index contributed by atoms with van der Waals surface area (Å²) in [6.07, 6.45) is 2.83. The van der Waals surface area contributed by atoms with Gasteiger partial charge in [-0.05, 0) is 29.3 Å². The first-order chi connectivity index (χ1) is 11.1. The first-order valence-electron chi connectivity index (χ1n) is 7.38. The molecule has 3 rings (SSSR count). The van der Waals surface area contributed by atoms with E-state index in [2.05, 4.69) is 21.7 Å². The molecule has 0 bridgehead atoms.